The average molecular weight is 242 g/mol. The Bertz CT molecular complexity index is 416. The van der Waals surface area contributed by atoms with E-state index in [0.717, 1.165) is 18.7 Å². The first kappa shape index (κ1) is 12.7. The Morgan fingerprint density at radius 2 is 2.12 bits per heavy atom. The highest BCUT2D eigenvalue weighted by molar-refractivity contribution is 6.02. The Labute approximate surface area is 95.7 Å². The summed E-state index contributed by atoms with van der Waals surface area (Å²) in [4.78, 5) is 33.5. The van der Waals surface area contributed by atoms with Gasteiger partial charge in [-0.25, -0.2) is 9.48 Å². The largest absolute Gasteiger partial charge is 0.466 e. The maximum Gasteiger partial charge on any atom is 0.355 e. The van der Waals surface area contributed by atoms with E-state index in [1.54, 1.807) is 0 Å². The van der Waals surface area contributed by atoms with Crippen molar-refractivity contribution >= 4 is 17.7 Å². The second kappa shape index (κ2) is 5.68. The molecule has 9 nitrogen and oxygen atoms in total. The number of Topliss-reactive ketones (excluding diaryl/α,β-unsaturated/α-hetero) is 1. The first-order chi connectivity index (χ1) is 8.04. The summed E-state index contributed by atoms with van der Waals surface area (Å²) in [5, 5.41) is 10.0. The van der Waals surface area contributed by atoms with Gasteiger partial charge in [0.05, 0.1) is 7.11 Å². The van der Waals surface area contributed by atoms with Crippen molar-refractivity contribution in [2.75, 3.05) is 7.11 Å². The summed E-state index contributed by atoms with van der Waals surface area (Å²) < 4.78 is 10.1. The third-order valence-corrected chi connectivity index (χ3v) is 1.72. The number of esters is 2. The van der Waals surface area contributed by atoms with E-state index in [1.165, 1.54) is 6.33 Å². The SMILES string of the molecule is COC(=O)C(OC(=O)Cn1cnnn1)C(C)=O. The zero-order valence-corrected chi connectivity index (χ0v) is 9.19. The molecule has 1 atom stereocenters. The summed E-state index contributed by atoms with van der Waals surface area (Å²) in [5.74, 6) is -2.37. The van der Waals surface area contributed by atoms with Crippen molar-refractivity contribution < 1.29 is 23.9 Å². The zero-order valence-electron chi connectivity index (χ0n) is 9.19. The molecule has 0 aliphatic heterocycles. The number of rotatable bonds is 5. The van der Waals surface area contributed by atoms with E-state index >= 15 is 0 Å². The lowest BCUT2D eigenvalue weighted by molar-refractivity contribution is -0.169. The normalized spacial score (nSPS) is 11.6. The summed E-state index contributed by atoms with van der Waals surface area (Å²) in [6.07, 6.45) is -0.355. The molecule has 0 aliphatic rings. The number of carbonyl (C=O) groups is 3. The number of ether oxygens (including phenoxy) is 2. The van der Waals surface area contributed by atoms with Gasteiger partial charge < -0.3 is 9.47 Å². The number of hydrogen-bond acceptors (Lipinski definition) is 8. The van der Waals surface area contributed by atoms with Gasteiger partial charge in [-0.3, -0.25) is 9.59 Å². The number of ketones is 1. The molecule has 0 aliphatic carbocycles. The molecule has 0 N–H and O–H groups in total. The van der Waals surface area contributed by atoms with Crippen LogP contribution in [0.5, 0.6) is 0 Å². The first-order valence-electron chi connectivity index (χ1n) is 4.53. The molecule has 92 valence electrons. The summed E-state index contributed by atoms with van der Waals surface area (Å²) >= 11 is 0. The van der Waals surface area contributed by atoms with Gasteiger partial charge in [-0.2, -0.15) is 0 Å². The van der Waals surface area contributed by atoms with E-state index < -0.39 is 23.8 Å². The molecule has 1 rings (SSSR count). The van der Waals surface area contributed by atoms with E-state index in [2.05, 4.69) is 25.0 Å². The van der Waals surface area contributed by atoms with Crippen molar-refractivity contribution in [1.82, 2.24) is 20.2 Å². The fourth-order valence-corrected chi connectivity index (χ4v) is 0.958. The molecule has 1 aromatic rings. The molecule has 0 aromatic carbocycles. The Morgan fingerprint density at radius 3 is 2.59 bits per heavy atom. The minimum absolute atomic E-state index is 0.298. The van der Waals surface area contributed by atoms with E-state index in [9.17, 15) is 14.4 Å². The summed E-state index contributed by atoms with van der Waals surface area (Å²) in [5.41, 5.74) is 0. The molecule has 0 radical (unpaired) electrons. The highest BCUT2D eigenvalue weighted by Crippen LogP contribution is 1.99. The Hall–Kier alpha value is -2.32. The van der Waals surface area contributed by atoms with Crippen LogP contribution in [0.25, 0.3) is 0 Å². The van der Waals surface area contributed by atoms with Crippen LogP contribution in [0.15, 0.2) is 6.33 Å². The van der Waals surface area contributed by atoms with Crippen LogP contribution in [0.3, 0.4) is 0 Å². The lowest BCUT2D eigenvalue weighted by Gasteiger charge is -2.12. The fraction of sp³-hybridized carbons (Fsp3) is 0.500. The van der Waals surface area contributed by atoms with Gasteiger partial charge in [-0.1, -0.05) is 0 Å². The molecule has 1 aromatic heterocycles. The van der Waals surface area contributed by atoms with Gasteiger partial charge in [0.1, 0.15) is 12.9 Å². The molecular formula is C8H10N4O5. The molecular weight excluding hydrogens is 232 g/mol. The van der Waals surface area contributed by atoms with E-state index in [1.807, 2.05) is 0 Å². The Kier molecular flexibility index (Phi) is 4.26. The average Bonchev–Trinajstić information content (AvgIpc) is 2.77. The van der Waals surface area contributed by atoms with Gasteiger partial charge in [0, 0.05) is 0 Å². The lowest BCUT2D eigenvalue weighted by Crippen LogP contribution is -2.35. The number of carbonyl (C=O) groups excluding carboxylic acids is 3. The lowest BCUT2D eigenvalue weighted by atomic mass is 10.2. The van der Waals surface area contributed by atoms with Crippen LogP contribution in [-0.4, -0.2) is 51.1 Å². The van der Waals surface area contributed by atoms with Crippen LogP contribution < -0.4 is 0 Å². The second-order valence-corrected chi connectivity index (χ2v) is 3.01. The fourth-order valence-electron chi connectivity index (χ4n) is 0.958. The second-order valence-electron chi connectivity index (χ2n) is 3.01. The van der Waals surface area contributed by atoms with Crippen LogP contribution in [-0.2, 0) is 30.4 Å². The predicted molar refractivity (Wildman–Crippen MR) is 50.4 cm³/mol. The highest BCUT2D eigenvalue weighted by atomic mass is 16.6. The third kappa shape index (κ3) is 3.63. The van der Waals surface area contributed by atoms with Gasteiger partial charge in [0.25, 0.3) is 6.10 Å². The van der Waals surface area contributed by atoms with E-state index in [-0.39, 0.29) is 6.54 Å². The molecule has 9 heteroatoms. The van der Waals surface area contributed by atoms with Gasteiger partial charge in [0.15, 0.2) is 5.78 Å². The number of hydrogen-bond donors (Lipinski definition) is 0. The standard InChI is InChI=1S/C8H10N4O5/c1-5(13)7(8(15)16-2)17-6(14)3-12-4-9-10-11-12/h4,7H,3H2,1-2H3. The monoisotopic (exact) mass is 242 g/mol. The van der Waals surface area contributed by atoms with Crippen molar-refractivity contribution in [2.45, 2.75) is 19.6 Å². The van der Waals surface area contributed by atoms with Crippen molar-refractivity contribution in [3.8, 4) is 0 Å². The van der Waals surface area contributed by atoms with E-state index in [0.29, 0.717) is 0 Å². The summed E-state index contributed by atoms with van der Waals surface area (Å²) in [6, 6.07) is 0. The van der Waals surface area contributed by atoms with Crippen molar-refractivity contribution in [3.05, 3.63) is 6.33 Å². The first-order valence-corrected chi connectivity index (χ1v) is 4.53. The molecule has 0 bridgehead atoms. The van der Waals surface area contributed by atoms with Crippen molar-refractivity contribution in [2.24, 2.45) is 0 Å². The van der Waals surface area contributed by atoms with Gasteiger partial charge >= 0.3 is 11.9 Å². The molecule has 0 saturated heterocycles. The van der Waals surface area contributed by atoms with Gasteiger partial charge in [-0.15, -0.1) is 5.10 Å². The Morgan fingerprint density at radius 1 is 1.41 bits per heavy atom. The Balaban J connectivity index is 2.58. The maximum absolute atomic E-state index is 11.3. The topological polar surface area (TPSA) is 113 Å². The summed E-state index contributed by atoms with van der Waals surface area (Å²) in [7, 11) is 1.09. The summed E-state index contributed by atoms with van der Waals surface area (Å²) in [6.45, 7) is 0.819. The minimum Gasteiger partial charge on any atom is -0.466 e. The molecule has 1 unspecified atom stereocenters. The number of nitrogens with zero attached hydrogens (tertiary/aromatic N) is 4. The third-order valence-electron chi connectivity index (χ3n) is 1.72. The molecule has 0 spiro atoms. The molecule has 1 heterocycles. The molecule has 17 heavy (non-hydrogen) atoms. The quantitative estimate of drug-likeness (QED) is 0.445. The number of tetrazole rings is 1. The van der Waals surface area contributed by atoms with E-state index in [4.69, 9.17) is 0 Å². The number of aromatic nitrogens is 4. The molecule has 0 amide bonds. The zero-order chi connectivity index (χ0) is 12.8. The van der Waals surface area contributed by atoms with Crippen LogP contribution >= 0.6 is 0 Å². The molecule has 0 fully saturated rings. The van der Waals surface area contributed by atoms with Crippen LogP contribution in [0.4, 0.5) is 0 Å². The minimum atomic E-state index is -1.55. The van der Waals surface area contributed by atoms with Gasteiger partial charge in [0.2, 0.25) is 0 Å². The van der Waals surface area contributed by atoms with Crippen LogP contribution in [0, 0.1) is 0 Å². The van der Waals surface area contributed by atoms with Crippen molar-refractivity contribution in [1.29, 1.82) is 0 Å². The van der Waals surface area contributed by atoms with Gasteiger partial charge in [-0.05, 0) is 17.4 Å². The van der Waals surface area contributed by atoms with Crippen LogP contribution in [0.1, 0.15) is 6.92 Å². The predicted octanol–water partition coefficient (Wildman–Crippen LogP) is -1.65. The molecule has 0 saturated carbocycles. The maximum atomic E-state index is 11.3. The number of methoxy groups -OCH3 is 1. The van der Waals surface area contributed by atoms with Crippen molar-refractivity contribution in [3.63, 3.8) is 0 Å². The smallest absolute Gasteiger partial charge is 0.355 e. The highest BCUT2D eigenvalue weighted by Gasteiger charge is 2.28. The van der Waals surface area contributed by atoms with Crippen LogP contribution in [0.2, 0.25) is 0 Å².